The molecule has 1 rings (SSSR count). The number of carbonyl (C=O) groups is 4. The van der Waals surface area contributed by atoms with Gasteiger partial charge in [-0.2, -0.15) is 0 Å². The molecule has 3 amide bonds. The van der Waals surface area contributed by atoms with Crippen molar-refractivity contribution in [2.24, 2.45) is 0 Å². The van der Waals surface area contributed by atoms with Crippen LogP contribution < -0.4 is 10.6 Å². The summed E-state index contributed by atoms with van der Waals surface area (Å²) in [6, 6.07) is -2.58. The first-order chi connectivity index (χ1) is 12.6. The van der Waals surface area contributed by atoms with Gasteiger partial charge in [0.15, 0.2) is 0 Å². The summed E-state index contributed by atoms with van der Waals surface area (Å²) in [7, 11) is 0. The molecule has 3 atom stereocenters. The fraction of sp³-hybridized carbons (Fsp3) is 0.778. The minimum atomic E-state index is -1.18. The quantitative estimate of drug-likeness (QED) is 0.649. The molecule has 3 N–H and O–H groups in total. The molecule has 10 heteroatoms. The Morgan fingerprint density at radius 3 is 2.04 bits per heavy atom. The van der Waals surface area contributed by atoms with Crippen molar-refractivity contribution < 1.29 is 33.8 Å². The molecule has 0 aromatic heterocycles. The van der Waals surface area contributed by atoms with E-state index in [0.717, 1.165) is 4.90 Å². The van der Waals surface area contributed by atoms with Gasteiger partial charge in [-0.1, -0.05) is 0 Å². The summed E-state index contributed by atoms with van der Waals surface area (Å²) in [5.74, 6) is -1.69. The Hall–Kier alpha value is -2.52. The molecule has 10 nitrogen and oxygen atoms in total. The van der Waals surface area contributed by atoms with Crippen molar-refractivity contribution >= 4 is 24.1 Å². The number of nitrogens with one attached hydrogen (secondary N) is 2. The molecule has 0 bridgehead atoms. The van der Waals surface area contributed by atoms with Crippen LogP contribution in [0.25, 0.3) is 0 Å². The van der Waals surface area contributed by atoms with E-state index >= 15 is 0 Å². The largest absolute Gasteiger partial charge is 0.480 e. The molecule has 0 radical (unpaired) electrons. The van der Waals surface area contributed by atoms with E-state index in [2.05, 4.69) is 10.6 Å². The van der Waals surface area contributed by atoms with Crippen molar-refractivity contribution in [2.75, 3.05) is 6.54 Å². The number of hydrogen-bond acceptors (Lipinski definition) is 6. The maximum atomic E-state index is 12.3. The van der Waals surface area contributed by atoms with Crippen LogP contribution in [0.3, 0.4) is 0 Å². The topological polar surface area (TPSA) is 134 Å². The Kier molecular flexibility index (Phi) is 7.27. The Labute approximate surface area is 164 Å². The molecule has 0 spiro atoms. The molecule has 1 aliphatic heterocycles. The molecule has 0 aromatic carbocycles. The molecular formula is C18H31N3O7. The van der Waals surface area contributed by atoms with Crippen LogP contribution in [0.15, 0.2) is 0 Å². The minimum absolute atomic E-state index is 0.00320. The normalized spacial score (nSPS) is 20.9. The number of rotatable bonds is 4. The van der Waals surface area contributed by atoms with Crippen LogP contribution in [0.2, 0.25) is 0 Å². The highest BCUT2D eigenvalue weighted by molar-refractivity contribution is 5.86. The van der Waals surface area contributed by atoms with Gasteiger partial charge in [-0.3, -0.25) is 9.69 Å². The van der Waals surface area contributed by atoms with Crippen LogP contribution in [0.5, 0.6) is 0 Å². The lowest BCUT2D eigenvalue weighted by Gasteiger charge is -2.26. The average molecular weight is 401 g/mol. The van der Waals surface area contributed by atoms with Gasteiger partial charge in [0.1, 0.15) is 23.3 Å². The SMILES string of the molecule is C[C@@H](NC(=O)OC(C)(C)C)C(=O)NC1C[C@@H](C(=O)O)N(C(=O)OC(C)(C)C)C1. The van der Waals surface area contributed by atoms with Gasteiger partial charge in [0.2, 0.25) is 5.91 Å². The van der Waals surface area contributed by atoms with Gasteiger partial charge in [0.05, 0.1) is 0 Å². The molecule has 1 heterocycles. The van der Waals surface area contributed by atoms with E-state index in [0.29, 0.717) is 0 Å². The highest BCUT2D eigenvalue weighted by Crippen LogP contribution is 2.22. The second-order valence-electron chi connectivity index (χ2n) is 8.80. The van der Waals surface area contributed by atoms with E-state index < -0.39 is 53.4 Å². The van der Waals surface area contributed by atoms with E-state index in [4.69, 9.17) is 9.47 Å². The van der Waals surface area contributed by atoms with Crippen LogP contribution in [0.1, 0.15) is 54.9 Å². The molecule has 1 saturated heterocycles. The third kappa shape index (κ3) is 7.61. The van der Waals surface area contributed by atoms with Gasteiger partial charge < -0.3 is 25.2 Å². The number of likely N-dealkylation sites (tertiary alicyclic amines) is 1. The zero-order valence-corrected chi connectivity index (χ0v) is 17.5. The van der Waals surface area contributed by atoms with Gasteiger partial charge in [-0.05, 0) is 48.5 Å². The Balaban J connectivity index is 2.68. The van der Waals surface area contributed by atoms with E-state index in [-0.39, 0.29) is 13.0 Å². The predicted molar refractivity (Wildman–Crippen MR) is 99.7 cm³/mol. The highest BCUT2D eigenvalue weighted by atomic mass is 16.6. The first-order valence-electron chi connectivity index (χ1n) is 9.11. The maximum absolute atomic E-state index is 12.3. The van der Waals surface area contributed by atoms with E-state index in [1.165, 1.54) is 6.92 Å². The summed E-state index contributed by atoms with van der Waals surface area (Å²) in [6.07, 6.45) is -1.45. The van der Waals surface area contributed by atoms with Gasteiger partial charge in [-0.25, -0.2) is 14.4 Å². The van der Waals surface area contributed by atoms with Crippen molar-refractivity contribution in [3.63, 3.8) is 0 Å². The van der Waals surface area contributed by atoms with E-state index in [1.54, 1.807) is 41.5 Å². The van der Waals surface area contributed by atoms with Crippen LogP contribution in [-0.4, -0.2) is 69.9 Å². The number of amides is 3. The Bertz CT molecular complexity index is 622. The third-order valence-electron chi connectivity index (χ3n) is 3.69. The molecule has 0 aromatic rings. The molecule has 1 aliphatic rings. The zero-order valence-electron chi connectivity index (χ0n) is 17.5. The fourth-order valence-electron chi connectivity index (χ4n) is 2.57. The average Bonchev–Trinajstić information content (AvgIpc) is 2.87. The van der Waals surface area contributed by atoms with Gasteiger partial charge in [0.25, 0.3) is 0 Å². The number of alkyl carbamates (subject to hydrolysis) is 1. The number of hydrogen-bond donors (Lipinski definition) is 3. The van der Waals surface area contributed by atoms with E-state index in [9.17, 15) is 24.3 Å². The Morgan fingerprint density at radius 1 is 1.04 bits per heavy atom. The summed E-state index contributed by atoms with van der Waals surface area (Å²) in [5.41, 5.74) is -1.47. The maximum Gasteiger partial charge on any atom is 0.411 e. The molecule has 1 fully saturated rings. The zero-order chi connectivity index (χ0) is 21.9. The van der Waals surface area contributed by atoms with Crippen molar-refractivity contribution in [2.45, 2.75) is 84.2 Å². The monoisotopic (exact) mass is 401 g/mol. The van der Waals surface area contributed by atoms with Gasteiger partial charge in [0, 0.05) is 19.0 Å². The van der Waals surface area contributed by atoms with Gasteiger partial charge >= 0.3 is 18.2 Å². The van der Waals surface area contributed by atoms with Crippen molar-refractivity contribution in [1.29, 1.82) is 0 Å². The summed E-state index contributed by atoms with van der Waals surface area (Å²) >= 11 is 0. The molecule has 1 unspecified atom stereocenters. The minimum Gasteiger partial charge on any atom is -0.480 e. The number of aliphatic carboxylic acids is 1. The van der Waals surface area contributed by atoms with Crippen molar-refractivity contribution in [3.05, 3.63) is 0 Å². The lowest BCUT2D eigenvalue weighted by molar-refractivity contribution is -0.142. The van der Waals surface area contributed by atoms with Crippen LogP contribution >= 0.6 is 0 Å². The predicted octanol–water partition coefficient (Wildman–Crippen LogP) is 1.48. The molecule has 160 valence electrons. The molecule has 28 heavy (non-hydrogen) atoms. The van der Waals surface area contributed by atoms with Crippen LogP contribution in [-0.2, 0) is 19.1 Å². The standard InChI is InChI=1S/C18H31N3O7/c1-10(19-15(25)27-17(2,3)4)13(22)20-11-8-12(14(23)24)21(9-11)16(26)28-18(5,6)7/h10-12H,8-9H2,1-7H3,(H,19,25)(H,20,22)(H,23,24)/t10-,11?,12+/m1/s1. The fourth-order valence-corrected chi connectivity index (χ4v) is 2.57. The van der Waals surface area contributed by atoms with E-state index in [1.807, 2.05) is 0 Å². The number of nitrogens with zero attached hydrogens (tertiary/aromatic N) is 1. The lowest BCUT2D eigenvalue weighted by atomic mass is 10.1. The molecular weight excluding hydrogens is 370 g/mol. The summed E-state index contributed by atoms with van der Waals surface area (Å²) in [4.78, 5) is 48.9. The molecule has 0 saturated carbocycles. The molecule has 0 aliphatic carbocycles. The number of carboxylic acid groups (broad SMARTS) is 1. The first kappa shape index (κ1) is 23.5. The van der Waals surface area contributed by atoms with Crippen LogP contribution in [0.4, 0.5) is 9.59 Å². The summed E-state index contributed by atoms with van der Waals surface area (Å²) < 4.78 is 10.3. The number of carboxylic acids is 1. The van der Waals surface area contributed by atoms with Crippen molar-refractivity contribution in [3.8, 4) is 0 Å². The van der Waals surface area contributed by atoms with Crippen LogP contribution in [0, 0.1) is 0 Å². The third-order valence-corrected chi connectivity index (χ3v) is 3.69. The summed E-state index contributed by atoms with van der Waals surface area (Å²) in [6.45, 7) is 11.6. The first-order valence-corrected chi connectivity index (χ1v) is 9.11. The van der Waals surface area contributed by atoms with Crippen molar-refractivity contribution in [1.82, 2.24) is 15.5 Å². The number of carbonyl (C=O) groups excluding carboxylic acids is 3. The lowest BCUT2D eigenvalue weighted by Crippen LogP contribution is -2.50. The highest BCUT2D eigenvalue weighted by Gasteiger charge is 2.42. The van der Waals surface area contributed by atoms with Gasteiger partial charge in [-0.15, -0.1) is 0 Å². The number of ether oxygens (including phenoxy) is 2. The Morgan fingerprint density at radius 2 is 1.57 bits per heavy atom. The summed E-state index contributed by atoms with van der Waals surface area (Å²) in [5, 5.41) is 14.5. The second-order valence-corrected chi connectivity index (χ2v) is 8.80. The second kappa shape index (κ2) is 8.66. The smallest absolute Gasteiger partial charge is 0.411 e.